The Kier molecular flexibility index (Phi) is 5.53. The van der Waals surface area contributed by atoms with E-state index in [4.69, 9.17) is 0 Å². The van der Waals surface area contributed by atoms with E-state index in [1.807, 2.05) is 11.8 Å². The van der Waals surface area contributed by atoms with Crippen LogP contribution in [0.5, 0.6) is 0 Å². The van der Waals surface area contributed by atoms with Crippen LogP contribution in [-0.4, -0.2) is 11.1 Å². The van der Waals surface area contributed by atoms with Crippen LogP contribution in [0.3, 0.4) is 0 Å². The number of thioether (sulfide) groups is 1. The molecule has 2 heteroatoms. The zero-order valence-electron chi connectivity index (χ0n) is 7.00. The molecule has 12 heavy (non-hydrogen) atoms. The fourth-order valence-corrected chi connectivity index (χ4v) is 2.49. The third kappa shape index (κ3) is 4.17. The summed E-state index contributed by atoms with van der Waals surface area (Å²) in [5, 5.41) is 1.12. The topological polar surface area (TPSA) is 0 Å². The highest BCUT2D eigenvalue weighted by Crippen LogP contribution is 2.12. The fraction of sp³-hybridized carbons (Fsp3) is 0.400. The average Bonchev–Trinajstić information content (AvgIpc) is 2.14. The van der Waals surface area contributed by atoms with Gasteiger partial charge in [-0.3, -0.25) is 0 Å². The minimum absolute atomic E-state index is 1.12. The first kappa shape index (κ1) is 10.1. The Morgan fingerprint density at radius 2 is 1.92 bits per heavy atom. The van der Waals surface area contributed by atoms with Crippen molar-refractivity contribution >= 4 is 27.7 Å². The number of hydrogen-bond acceptors (Lipinski definition) is 1. The molecule has 0 radical (unpaired) electrons. The predicted octanol–water partition coefficient (Wildman–Crippen LogP) is 3.70. The second kappa shape index (κ2) is 6.55. The van der Waals surface area contributed by atoms with Crippen molar-refractivity contribution in [1.82, 2.24) is 0 Å². The molecule has 0 aliphatic heterocycles. The molecule has 1 aromatic carbocycles. The van der Waals surface area contributed by atoms with Crippen molar-refractivity contribution in [3.8, 4) is 0 Å². The highest BCUT2D eigenvalue weighted by atomic mass is 79.9. The number of hydrogen-bond donors (Lipinski definition) is 0. The summed E-state index contributed by atoms with van der Waals surface area (Å²) >= 11 is 5.42. The standard InChI is InChI=1S/C10H13BrS/c11-7-4-8-12-9-10-5-2-1-3-6-10/h1-3,5-6H,4,7-9H2. The van der Waals surface area contributed by atoms with Crippen molar-refractivity contribution < 1.29 is 0 Å². The Labute approximate surface area is 86.9 Å². The first-order chi connectivity index (χ1) is 5.93. The maximum atomic E-state index is 3.42. The summed E-state index contributed by atoms with van der Waals surface area (Å²) in [5.74, 6) is 2.40. The summed E-state index contributed by atoms with van der Waals surface area (Å²) in [5.41, 5.74) is 1.43. The molecule has 1 aromatic rings. The van der Waals surface area contributed by atoms with E-state index >= 15 is 0 Å². The van der Waals surface area contributed by atoms with Gasteiger partial charge in [-0.05, 0) is 17.7 Å². The molecule has 0 unspecified atom stereocenters. The van der Waals surface area contributed by atoms with Crippen LogP contribution in [0.25, 0.3) is 0 Å². The lowest BCUT2D eigenvalue weighted by atomic mass is 10.2. The Morgan fingerprint density at radius 3 is 2.58 bits per heavy atom. The molecule has 1 rings (SSSR count). The van der Waals surface area contributed by atoms with Crippen molar-refractivity contribution in [2.45, 2.75) is 12.2 Å². The molecule has 0 atom stereocenters. The summed E-state index contributed by atoms with van der Waals surface area (Å²) in [7, 11) is 0. The SMILES string of the molecule is BrCCCSCc1ccccc1. The third-order valence-electron chi connectivity index (χ3n) is 1.53. The highest BCUT2D eigenvalue weighted by molar-refractivity contribution is 9.09. The minimum atomic E-state index is 1.12. The van der Waals surface area contributed by atoms with Gasteiger partial charge < -0.3 is 0 Å². The van der Waals surface area contributed by atoms with Crippen molar-refractivity contribution in [3.63, 3.8) is 0 Å². The number of benzene rings is 1. The summed E-state index contributed by atoms with van der Waals surface area (Å²) < 4.78 is 0. The van der Waals surface area contributed by atoms with E-state index < -0.39 is 0 Å². The van der Waals surface area contributed by atoms with Crippen molar-refractivity contribution in [3.05, 3.63) is 35.9 Å². The van der Waals surface area contributed by atoms with Gasteiger partial charge in [-0.1, -0.05) is 46.3 Å². The maximum absolute atomic E-state index is 3.42. The molecule has 66 valence electrons. The molecule has 0 bridgehead atoms. The molecule has 0 N–H and O–H groups in total. The van der Waals surface area contributed by atoms with Crippen LogP contribution in [0.4, 0.5) is 0 Å². The number of rotatable bonds is 5. The minimum Gasteiger partial charge on any atom is -0.157 e. The van der Waals surface area contributed by atoms with Crippen molar-refractivity contribution in [2.24, 2.45) is 0 Å². The van der Waals surface area contributed by atoms with Gasteiger partial charge in [-0.15, -0.1) is 0 Å². The first-order valence-electron chi connectivity index (χ1n) is 4.11. The fourth-order valence-electron chi connectivity index (χ4n) is 0.921. The van der Waals surface area contributed by atoms with E-state index in [0.717, 1.165) is 11.1 Å². The molecule has 0 amide bonds. The number of alkyl halides is 1. The maximum Gasteiger partial charge on any atom is 0.0184 e. The smallest absolute Gasteiger partial charge is 0.0184 e. The first-order valence-corrected chi connectivity index (χ1v) is 6.39. The van der Waals surface area contributed by atoms with E-state index in [1.54, 1.807) is 0 Å². The molecule has 0 aromatic heterocycles. The van der Waals surface area contributed by atoms with Gasteiger partial charge >= 0.3 is 0 Å². The monoisotopic (exact) mass is 244 g/mol. The van der Waals surface area contributed by atoms with Crippen molar-refractivity contribution in [1.29, 1.82) is 0 Å². The normalized spacial score (nSPS) is 10.1. The molecule has 0 fully saturated rings. The third-order valence-corrected chi connectivity index (χ3v) is 3.21. The van der Waals surface area contributed by atoms with Gasteiger partial charge in [0, 0.05) is 11.1 Å². The van der Waals surface area contributed by atoms with Crippen LogP contribution in [0, 0.1) is 0 Å². The average molecular weight is 245 g/mol. The van der Waals surface area contributed by atoms with Gasteiger partial charge in [0.2, 0.25) is 0 Å². The van der Waals surface area contributed by atoms with Crippen LogP contribution in [0.1, 0.15) is 12.0 Å². The van der Waals surface area contributed by atoms with Gasteiger partial charge in [0.05, 0.1) is 0 Å². The summed E-state index contributed by atoms with van der Waals surface area (Å²) in [6.45, 7) is 0. The number of halogens is 1. The molecule has 0 heterocycles. The largest absolute Gasteiger partial charge is 0.157 e. The second-order valence-corrected chi connectivity index (χ2v) is 4.48. The van der Waals surface area contributed by atoms with Crippen LogP contribution < -0.4 is 0 Å². The zero-order chi connectivity index (χ0) is 8.65. The molecule has 0 aliphatic carbocycles. The van der Waals surface area contributed by atoms with Crippen LogP contribution in [-0.2, 0) is 5.75 Å². The molecule has 0 saturated heterocycles. The van der Waals surface area contributed by atoms with E-state index in [9.17, 15) is 0 Å². The summed E-state index contributed by atoms with van der Waals surface area (Å²) in [4.78, 5) is 0. The van der Waals surface area contributed by atoms with Crippen LogP contribution >= 0.6 is 27.7 Å². The predicted molar refractivity (Wildman–Crippen MR) is 61.0 cm³/mol. The van der Waals surface area contributed by atoms with Gasteiger partial charge in [0.1, 0.15) is 0 Å². The Morgan fingerprint density at radius 1 is 1.17 bits per heavy atom. The second-order valence-electron chi connectivity index (χ2n) is 2.58. The Bertz CT molecular complexity index is 198. The molecule has 0 spiro atoms. The zero-order valence-corrected chi connectivity index (χ0v) is 9.40. The Balaban J connectivity index is 2.16. The van der Waals surface area contributed by atoms with Gasteiger partial charge in [0.25, 0.3) is 0 Å². The molecular formula is C10H13BrS. The summed E-state index contributed by atoms with van der Waals surface area (Å²) in [6, 6.07) is 10.6. The van der Waals surface area contributed by atoms with Crippen LogP contribution in [0.15, 0.2) is 30.3 Å². The van der Waals surface area contributed by atoms with E-state index in [1.165, 1.54) is 17.7 Å². The Hall–Kier alpha value is 0.0500. The molecule has 0 nitrogen and oxygen atoms in total. The van der Waals surface area contributed by atoms with Crippen LogP contribution in [0.2, 0.25) is 0 Å². The molecule has 0 aliphatic rings. The lowest BCUT2D eigenvalue weighted by molar-refractivity contribution is 1.13. The van der Waals surface area contributed by atoms with E-state index in [-0.39, 0.29) is 0 Å². The summed E-state index contributed by atoms with van der Waals surface area (Å²) in [6.07, 6.45) is 1.26. The van der Waals surface area contributed by atoms with Gasteiger partial charge in [-0.25, -0.2) is 0 Å². The lowest BCUT2D eigenvalue weighted by Crippen LogP contribution is -1.83. The molecule has 0 saturated carbocycles. The quantitative estimate of drug-likeness (QED) is 0.563. The van der Waals surface area contributed by atoms with E-state index in [0.29, 0.717) is 0 Å². The molecular weight excluding hydrogens is 232 g/mol. The van der Waals surface area contributed by atoms with Gasteiger partial charge in [-0.2, -0.15) is 11.8 Å². The van der Waals surface area contributed by atoms with E-state index in [2.05, 4.69) is 46.3 Å². The lowest BCUT2D eigenvalue weighted by Gasteiger charge is -1.99. The highest BCUT2D eigenvalue weighted by Gasteiger charge is 1.90. The van der Waals surface area contributed by atoms with Gasteiger partial charge in [0.15, 0.2) is 0 Å². The van der Waals surface area contributed by atoms with Crippen molar-refractivity contribution in [2.75, 3.05) is 11.1 Å².